The van der Waals surface area contributed by atoms with Gasteiger partial charge in [-0.3, -0.25) is 14.0 Å². The van der Waals surface area contributed by atoms with E-state index >= 15 is 0 Å². The molecule has 0 fully saturated rings. The van der Waals surface area contributed by atoms with Gasteiger partial charge in [0.05, 0.1) is 17.6 Å². The molecular weight excluding hydrogens is 216 g/mol. The molecule has 2 heterocycles. The zero-order valence-electron chi connectivity index (χ0n) is 7.64. The lowest BCUT2D eigenvalue weighted by Crippen LogP contribution is -2.18. The second-order valence-corrected chi connectivity index (χ2v) is 3.95. The van der Waals surface area contributed by atoms with E-state index in [-0.39, 0.29) is 0 Å². The Hall–Kier alpha value is -1.89. The quantitative estimate of drug-likeness (QED) is 0.701. The highest BCUT2D eigenvalue weighted by Gasteiger charge is 2.16. The van der Waals surface area contributed by atoms with Gasteiger partial charge in [0, 0.05) is 0 Å². The maximum absolute atomic E-state index is 11.2. The van der Waals surface area contributed by atoms with Gasteiger partial charge in [-0.05, 0) is 0 Å². The summed E-state index contributed by atoms with van der Waals surface area (Å²) in [5.41, 5.74) is 5.64. The number of hydrogen-bond donors (Lipinski definition) is 2. The highest BCUT2D eigenvalue weighted by Crippen LogP contribution is 2.22. The monoisotopic (exact) mass is 224 g/mol. The third kappa shape index (κ3) is 1.57. The van der Waals surface area contributed by atoms with Gasteiger partial charge in [0.15, 0.2) is 0 Å². The van der Waals surface area contributed by atoms with Crippen LogP contribution in [0, 0.1) is 0 Å². The van der Waals surface area contributed by atoms with Gasteiger partial charge in [-0.1, -0.05) is 0 Å². The summed E-state index contributed by atoms with van der Waals surface area (Å²) < 4.78 is 1.62. The molecule has 2 amide bonds. The fourth-order valence-electron chi connectivity index (χ4n) is 1.35. The minimum Gasteiger partial charge on any atom is -0.364 e. The molecule has 2 aromatic rings. The molecule has 0 atom stereocenters. The third-order valence-corrected chi connectivity index (χ3v) is 3.01. The van der Waals surface area contributed by atoms with E-state index in [1.165, 1.54) is 17.7 Å². The summed E-state index contributed by atoms with van der Waals surface area (Å²) >= 11 is 1.38. The molecule has 0 aliphatic rings. The van der Waals surface area contributed by atoms with Gasteiger partial charge in [0.2, 0.25) is 6.41 Å². The first kappa shape index (κ1) is 9.66. The van der Waals surface area contributed by atoms with E-state index in [0.29, 0.717) is 18.6 Å². The SMILES string of the molecule is NC(=O)c1c(CNC=O)sc2cncn12. The Balaban J connectivity index is 2.51. The van der Waals surface area contributed by atoms with E-state index in [1.807, 2.05) is 0 Å². The molecule has 0 aliphatic heterocycles. The van der Waals surface area contributed by atoms with Crippen LogP contribution in [-0.2, 0) is 11.3 Å². The number of nitrogens with two attached hydrogens (primary N) is 1. The van der Waals surface area contributed by atoms with Crippen LogP contribution < -0.4 is 11.1 Å². The van der Waals surface area contributed by atoms with Crippen LogP contribution in [0.4, 0.5) is 0 Å². The molecule has 15 heavy (non-hydrogen) atoms. The number of amides is 2. The minimum atomic E-state index is -0.526. The fraction of sp³-hybridized carbons (Fsp3) is 0.125. The molecule has 0 spiro atoms. The summed E-state index contributed by atoms with van der Waals surface area (Å²) in [5, 5.41) is 2.50. The summed E-state index contributed by atoms with van der Waals surface area (Å²) in [6, 6.07) is 0. The maximum Gasteiger partial charge on any atom is 0.266 e. The average Bonchev–Trinajstić information content (AvgIpc) is 2.72. The fourth-order valence-corrected chi connectivity index (χ4v) is 2.40. The van der Waals surface area contributed by atoms with Crippen LogP contribution in [0.2, 0.25) is 0 Å². The van der Waals surface area contributed by atoms with Crippen LogP contribution in [0.15, 0.2) is 12.5 Å². The van der Waals surface area contributed by atoms with Crippen molar-refractivity contribution in [3.63, 3.8) is 0 Å². The molecule has 0 unspecified atom stereocenters. The van der Waals surface area contributed by atoms with E-state index in [9.17, 15) is 9.59 Å². The van der Waals surface area contributed by atoms with Crippen molar-refractivity contribution in [2.24, 2.45) is 5.73 Å². The number of imidazole rings is 1. The van der Waals surface area contributed by atoms with Gasteiger partial charge < -0.3 is 11.1 Å². The molecule has 0 radical (unpaired) electrons. The molecule has 3 N–H and O–H groups in total. The van der Waals surface area contributed by atoms with Crippen LogP contribution in [-0.4, -0.2) is 21.7 Å². The normalized spacial score (nSPS) is 10.4. The van der Waals surface area contributed by atoms with Crippen molar-refractivity contribution in [3.05, 3.63) is 23.1 Å². The number of aromatic nitrogens is 2. The predicted molar refractivity (Wildman–Crippen MR) is 54.5 cm³/mol. The van der Waals surface area contributed by atoms with Gasteiger partial charge in [-0.15, -0.1) is 11.3 Å². The number of hydrogen-bond acceptors (Lipinski definition) is 4. The average molecular weight is 224 g/mol. The van der Waals surface area contributed by atoms with Crippen LogP contribution in [0.5, 0.6) is 0 Å². The van der Waals surface area contributed by atoms with E-state index in [2.05, 4.69) is 10.3 Å². The molecule has 0 saturated heterocycles. The summed E-state index contributed by atoms with van der Waals surface area (Å²) in [5.74, 6) is -0.526. The summed E-state index contributed by atoms with van der Waals surface area (Å²) in [6.45, 7) is 0.300. The second kappa shape index (κ2) is 3.70. The van der Waals surface area contributed by atoms with Crippen molar-refractivity contribution in [1.29, 1.82) is 0 Å². The number of nitrogens with one attached hydrogen (secondary N) is 1. The predicted octanol–water partition coefficient (Wildman–Crippen LogP) is -0.259. The third-order valence-electron chi connectivity index (χ3n) is 1.92. The van der Waals surface area contributed by atoms with E-state index in [1.54, 1.807) is 10.6 Å². The Morgan fingerprint density at radius 3 is 3.20 bits per heavy atom. The number of nitrogens with zero attached hydrogens (tertiary/aromatic N) is 2. The van der Waals surface area contributed by atoms with Crippen molar-refractivity contribution in [1.82, 2.24) is 14.7 Å². The Morgan fingerprint density at radius 1 is 1.73 bits per heavy atom. The molecule has 0 bridgehead atoms. The highest BCUT2D eigenvalue weighted by atomic mass is 32.1. The van der Waals surface area contributed by atoms with E-state index in [0.717, 1.165) is 9.71 Å². The maximum atomic E-state index is 11.2. The summed E-state index contributed by atoms with van der Waals surface area (Å²) in [7, 11) is 0. The topological polar surface area (TPSA) is 89.5 Å². The molecule has 6 nitrogen and oxygen atoms in total. The molecule has 0 aromatic carbocycles. The van der Waals surface area contributed by atoms with Gasteiger partial charge in [0.25, 0.3) is 5.91 Å². The van der Waals surface area contributed by atoms with Crippen molar-refractivity contribution in [2.45, 2.75) is 6.54 Å². The summed E-state index contributed by atoms with van der Waals surface area (Å²) in [4.78, 5) is 26.8. The van der Waals surface area contributed by atoms with Crippen LogP contribution in [0.1, 0.15) is 15.4 Å². The van der Waals surface area contributed by atoms with Gasteiger partial charge in [-0.25, -0.2) is 4.98 Å². The molecule has 7 heteroatoms. The first-order valence-electron chi connectivity index (χ1n) is 4.14. The Bertz CT molecular complexity index is 516. The zero-order valence-corrected chi connectivity index (χ0v) is 8.45. The molecule has 78 valence electrons. The molecule has 2 aromatic heterocycles. The van der Waals surface area contributed by atoms with Crippen LogP contribution in [0.25, 0.3) is 4.83 Å². The Morgan fingerprint density at radius 2 is 2.53 bits per heavy atom. The van der Waals surface area contributed by atoms with Gasteiger partial charge >= 0.3 is 0 Å². The smallest absolute Gasteiger partial charge is 0.266 e. The van der Waals surface area contributed by atoms with Crippen molar-refractivity contribution < 1.29 is 9.59 Å². The standard InChI is InChI=1S/C8H8N4O2S/c9-8(14)7-5(1-11-4-13)15-6-2-10-3-12(6)7/h2-4H,1H2,(H2,9,14)(H,11,13). The zero-order chi connectivity index (χ0) is 10.8. The minimum absolute atomic E-state index is 0.300. The van der Waals surface area contributed by atoms with Crippen LogP contribution >= 0.6 is 11.3 Å². The van der Waals surface area contributed by atoms with Crippen molar-refractivity contribution in [2.75, 3.05) is 0 Å². The number of carbonyl (C=O) groups is 2. The van der Waals surface area contributed by atoms with E-state index in [4.69, 9.17) is 5.73 Å². The largest absolute Gasteiger partial charge is 0.364 e. The second-order valence-electron chi connectivity index (χ2n) is 2.84. The van der Waals surface area contributed by atoms with Gasteiger partial charge in [-0.2, -0.15) is 0 Å². The van der Waals surface area contributed by atoms with E-state index < -0.39 is 5.91 Å². The number of thiazole rings is 1. The van der Waals surface area contributed by atoms with Crippen molar-refractivity contribution >= 4 is 28.5 Å². The molecule has 0 saturated carbocycles. The van der Waals surface area contributed by atoms with Gasteiger partial charge in [0.1, 0.15) is 16.9 Å². The Labute approximate surface area is 88.7 Å². The lowest BCUT2D eigenvalue weighted by atomic mass is 10.3. The number of carbonyl (C=O) groups excluding carboxylic acids is 2. The number of rotatable bonds is 4. The van der Waals surface area contributed by atoms with Crippen molar-refractivity contribution in [3.8, 4) is 0 Å². The summed E-state index contributed by atoms with van der Waals surface area (Å²) in [6.07, 6.45) is 3.75. The lowest BCUT2D eigenvalue weighted by Gasteiger charge is -1.98. The number of fused-ring (bicyclic) bond motifs is 1. The molecule has 2 rings (SSSR count). The molecular formula is C8H8N4O2S. The Kier molecular flexibility index (Phi) is 2.38. The molecule has 0 aliphatic carbocycles. The lowest BCUT2D eigenvalue weighted by molar-refractivity contribution is -0.109. The van der Waals surface area contributed by atoms with Crippen LogP contribution in [0.3, 0.4) is 0 Å². The highest BCUT2D eigenvalue weighted by molar-refractivity contribution is 7.17. The first-order valence-corrected chi connectivity index (χ1v) is 4.96. The first-order chi connectivity index (χ1) is 7.24. The number of primary amides is 1.